The first kappa shape index (κ1) is 14.1. The SMILES string of the molecule is CCN(CC1CC1)c1ccc(/C(N)=N/O)c(Br)c1F. The van der Waals surface area contributed by atoms with Crippen molar-refractivity contribution in [2.45, 2.75) is 19.8 Å². The van der Waals surface area contributed by atoms with Crippen LogP contribution in [0.1, 0.15) is 25.3 Å². The van der Waals surface area contributed by atoms with Crippen molar-refractivity contribution in [2.75, 3.05) is 18.0 Å². The number of rotatable bonds is 5. The standard InChI is InChI=1S/C13H17BrFN3O/c1-2-18(7-8-3-4-8)10-6-5-9(13(16)17-19)11(14)12(10)15/h5-6,8,19H,2-4,7H2,1H3,(H2,16,17). The molecule has 1 aromatic carbocycles. The number of halogens is 2. The number of oxime groups is 1. The number of nitrogens with zero attached hydrogens (tertiary/aromatic N) is 2. The van der Waals surface area contributed by atoms with E-state index in [0.717, 1.165) is 13.1 Å². The van der Waals surface area contributed by atoms with Crippen molar-refractivity contribution in [1.29, 1.82) is 0 Å². The first-order chi connectivity index (χ1) is 9.08. The predicted octanol–water partition coefficient (Wildman–Crippen LogP) is 2.92. The summed E-state index contributed by atoms with van der Waals surface area (Å²) in [6.07, 6.45) is 2.45. The van der Waals surface area contributed by atoms with Crippen LogP contribution in [0.25, 0.3) is 0 Å². The second kappa shape index (κ2) is 5.77. The van der Waals surface area contributed by atoms with E-state index in [4.69, 9.17) is 10.9 Å². The molecule has 1 aliphatic rings. The lowest BCUT2D eigenvalue weighted by molar-refractivity contribution is 0.318. The summed E-state index contributed by atoms with van der Waals surface area (Å²) in [7, 11) is 0. The van der Waals surface area contributed by atoms with Crippen molar-refractivity contribution in [1.82, 2.24) is 0 Å². The second-order valence-corrected chi connectivity index (χ2v) is 5.52. The lowest BCUT2D eigenvalue weighted by Crippen LogP contribution is -2.26. The van der Waals surface area contributed by atoms with Gasteiger partial charge in [-0.1, -0.05) is 5.16 Å². The molecule has 0 heterocycles. The Hall–Kier alpha value is -1.30. The van der Waals surface area contributed by atoms with Crippen molar-refractivity contribution < 1.29 is 9.60 Å². The van der Waals surface area contributed by atoms with Gasteiger partial charge in [-0.2, -0.15) is 0 Å². The lowest BCUT2D eigenvalue weighted by atomic mass is 10.1. The molecule has 19 heavy (non-hydrogen) atoms. The molecule has 0 unspecified atom stereocenters. The fourth-order valence-electron chi connectivity index (χ4n) is 2.05. The average molecular weight is 330 g/mol. The molecule has 2 rings (SSSR count). The van der Waals surface area contributed by atoms with Crippen molar-refractivity contribution in [3.8, 4) is 0 Å². The summed E-state index contributed by atoms with van der Waals surface area (Å²) in [5.41, 5.74) is 6.41. The molecule has 0 radical (unpaired) electrons. The Bertz CT molecular complexity index is 503. The minimum absolute atomic E-state index is 0.109. The molecule has 3 N–H and O–H groups in total. The van der Waals surface area contributed by atoms with Gasteiger partial charge >= 0.3 is 0 Å². The summed E-state index contributed by atoms with van der Waals surface area (Å²) in [4.78, 5) is 2.02. The zero-order valence-electron chi connectivity index (χ0n) is 10.7. The third-order valence-corrected chi connectivity index (χ3v) is 4.12. The zero-order valence-corrected chi connectivity index (χ0v) is 12.3. The van der Waals surface area contributed by atoms with Crippen LogP contribution in [-0.2, 0) is 0 Å². The van der Waals surface area contributed by atoms with Gasteiger partial charge in [-0.05, 0) is 53.7 Å². The highest BCUT2D eigenvalue weighted by Gasteiger charge is 2.26. The summed E-state index contributed by atoms with van der Waals surface area (Å²) in [6.45, 7) is 3.64. The predicted molar refractivity (Wildman–Crippen MR) is 77.2 cm³/mol. The monoisotopic (exact) mass is 329 g/mol. The summed E-state index contributed by atoms with van der Waals surface area (Å²) < 4.78 is 14.6. The summed E-state index contributed by atoms with van der Waals surface area (Å²) >= 11 is 3.18. The number of anilines is 1. The molecule has 104 valence electrons. The minimum atomic E-state index is -0.369. The van der Waals surface area contributed by atoms with Crippen molar-refractivity contribution in [3.63, 3.8) is 0 Å². The third-order valence-electron chi connectivity index (χ3n) is 3.34. The van der Waals surface area contributed by atoms with E-state index in [0.29, 0.717) is 17.2 Å². The number of hydrogen-bond acceptors (Lipinski definition) is 3. The van der Waals surface area contributed by atoms with Crippen LogP contribution in [0.3, 0.4) is 0 Å². The van der Waals surface area contributed by atoms with E-state index >= 15 is 0 Å². The van der Waals surface area contributed by atoms with Gasteiger partial charge in [0.25, 0.3) is 0 Å². The Morgan fingerprint density at radius 2 is 2.26 bits per heavy atom. The van der Waals surface area contributed by atoms with Crippen LogP contribution in [0, 0.1) is 11.7 Å². The third kappa shape index (κ3) is 3.00. The summed E-state index contributed by atoms with van der Waals surface area (Å²) in [6, 6.07) is 3.34. The lowest BCUT2D eigenvalue weighted by Gasteiger charge is -2.24. The van der Waals surface area contributed by atoms with E-state index in [1.165, 1.54) is 12.8 Å². The fraction of sp³-hybridized carbons (Fsp3) is 0.462. The van der Waals surface area contributed by atoms with E-state index in [-0.39, 0.29) is 16.1 Å². The van der Waals surface area contributed by atoms with Crippen LogP contribution in [0.15, 0.2) is 21.8 Å². The van der Waals surface area contributed by atoms with E-state index in [1.54, 1.807) is 12.1 Å². The summed E-state index contributed by atoms with van der Waals surface area (Å²) in [5.74, 6) is 0.205. The Labute approximate surface area is 120 Å². The Morgan fingerprint density at radius 3 is 2.79 bits per heavy atom. The van der Waals surface area contributed by atoms with Gasteiger partial charge in [-0.25, -0.2) is 4.39 Å². The highest BCUT2D eigenvalue weighted by atomic mass is 79.9. The smallest absolute Gasteiger partial charge is 0.171 e. The first-order valence-corrected chi connectivity index (χ1v) is 7.08. The van der Waals surface area contributed by atoms with Crippen LogP contribution in [0.5, 0.6) is 0 Å². The minimum Gasteiger partial charge on any atom is -0.409 e. The Morgan fingerprint density at radius 1 is 1.58 bits per heavy atom. The van der Waals surface area contributed by atoms with Gasteiger partial charge in [0.05, 0.1) is 10.2 Å². The number of nitrogens with two attached hydrogens (primary N) is 1. The molecule has 0 spiro atoms. The van der Waals surface area contributed by atoms with Gasteiger partial charge in [0.2, 0.25) is 0 Å². The number of benzene rings is 1. The molecule has 0 aliphatic heterocycles. The van der Waals surface area contributed by atoms with Crippen LogP contribution in [0.4, 0.5) is 10.1 Å². The van der Waals surface area contributed by atoms with E-state index < -0.39 is 0 Å². The molecule has 0 bridgehead atoms. The van der Waals surface area contributed by atoms with Gasteiger partial charge < -0.3 is 15.8 Å². The average Bonchev–Trinajstić information content (AvgIpc) is 3.22. The molecule has 0 atom stereocenters. The molecule has 4 nitrogen and oxygen atoms in total. The Balaban J connectivity index is 2.33. The molecule has 6 heteroatoms. The molecule has 1 fully saturated rings. The molecule has 0 aromatic heterocycles. The first-order valence-electron chi connectivity index (χ1n) is 6.29. The fourth-order valence-corrected chi connectivity index (χ4v) is 2.58. The number of amidine groups is 1. The normalized spacial score (nSPS) is 15.6. The largest absolute Gasteiger partial charge is 0.409 e. The van der Waals surface area contributed by atoms with Gasteiger partial charge in [0, 0.05) is 18.7 Å². The number of hydrogen-bond donors (Lipinski definition) is 2. The van der Waals surface area contributed by atoms with Crippen molar-refractivity contribution in [2.24, 2.45) is 16.8 Å². The van der Waals surface area contributed by atoms with E-state index in [2.05, 4.69) is 21.1 Å². The van der Waals surface area contributed by atoms with E-state index in [1.807, 2.05) is 11.8 Å². The maximum Gasteiger partial charge on any atom is 0.171 e. The molecule has 0 amide bonds. The van der Waals surface area contributed by atoms with Gasteiger partial charge in [-0.3, -0.25) is 0 Å². The highest BCUT2D eigenvalue weighted by molar-refractivity contribution is 9.10. The van der Waals surface area contributed by atoms with Crippen molar-refractivity contribution >= 4 is 27.5 Å². The van der Waals surface area contributed by atoms with Crippen LogP contribution in [0.2, 0.25) is 0 Å². The molecule has 1 aliphatic carbocycles. The molecular weight excluding hydrogens is 313 g/mol. The zero-order chi connectivity index (χ0) is 14.0. The molecule has 1 saturated carbocycles. The van der Waals surface area contributed by atoms with E-state index in [9.17, 15) is 4.39 Å². The Kier molecular flexibility index (Phi) is 4.29. The maximum atomic E-state index is 14.4. The molecule has 1 aromatic rings. The van der Waals surface area contributed by atoms with Gasteiger partial charge in [0.1, 0.15) is 0 Å². The highest BCUT2D eigenvalue weighted by Crippen LogP contribution is 2.34. The maximum absolute atomic E-state index is 14.4. The van der Waals surface area contributed by atoms with Gasteiger partial charge in [-0.15, -0.1) is 0 Å². The van der Waals surface area contributed by atoms with Crippen molar-refractivity contribution in [3.05, 3.63) is 28.0 Å². The van der Waals surface area contributed by atoms with Crippen LogP contribution in [-0.4, -0.2) is 24.1 Å². The topological polar surface area (TPSA) is 61.8 Å². The summed E-state index contributed by atoms with van der Waals surface area (Å²) in [5, 5.41) is 11.6. The molecular formula is C13H17BrFN3O. The molecule has 0 saturated heterocycles. The van der Waals surface area contributed by atoms with Gasteiger partial charge in [0.15, 0.2) is 11.7 Å². The van der Waals surface area contributed by atoms with Crippen LogP contribution < -0.4 is 10.6 Å². The van der Waals surface area contributed by atoms with Crippen LogP contribution >= 0.6 is 15.9 Å². The quantitative estimate of drug-likeness (QED) is 0.378. The second-order valence-electron chi connectivity index (χ2n) is 4.73.